The zero-order chi connectivity index (χ0) is 22.7. The van der Waals surface area contributed by atoms with Crippen LogP contribution in [0.1, 0.15) is 57.6 Å². The van der Waals surface area contributed by atoms with Crippen molar-refractivity contribution in [3.8, 4) is 0 Å². The van der Waals surface area contributed by atoms with Gasteiger partial charge >= 0.3 is 12.4 Å². The van der Waals surface area contributed by atoms with Gasteiger partial charge in [0.25, 0.3) is 0 Å². The van der Waals surface area contributed by atoms with Gasteiger partial charge in [-0.3, -0.25) is 4.99 Å². The second-order valence-electron chi connectivity index (χ2n) is 8.84. The van der Waals surface area contributed by atoms with Gasteiger partial charge in [-0.2, -0.15) is 26.3 Å². The summed E-state index contributed by atoms with van der Waals surface area (Å²) in [5.41, 5.74) is 2.78. The molecule has 10 heteroatoms. The van der Waals surface area contributed by atoms with E-state index in [0.717, 1.165) is 25.7 Å². The Balaban J connectivity index is 2.37. The van der Waals surface area contributed by atoms with Crippen LogP contribution in [0.3, 0.4) is 0 Å². The van der Waals surface area contributed by atoms with Crippen LogP contribution in [-0.4, -0.2) is 24.6 Å². The van der Waals surface area contributed by atoms with E-state index in [1.54, 1.807) is 0 Å². The molecule has 0 unspecified atom stereocenters. The fourth-order valence-corrected chi connectivity index (χ4v) is 3.12. The Morgan fingerprint density at radius 3 is 1.97 bits per heavy atom. The average molecular weight is 438 g/mol. The second kappa shape index (κ2) is 9.03. The van der Waals surface area contributed by atoms with Gasteiger partial charge in [0.1, 0.15) is 0 Å². The average Bonchev–Trinajstić information content (AvgIpc) is 2.59. The number of hydrogen-bond acceptors (Lipinski definition) is 2. The maximum Gasteiger partial charge on any atom is 0.416 e. The monoisotopic (exact) mass is 438 g/mol. The molecule has 1 aromatic carbocycles. The molecule has 2 rings (SSSR count). The van der Waals surface area contributed by atoms with Crippen LogP contribution in [0.5, 0.6) is 0 Å². The van der Waals surface area contributed by atoms with Crippen LogP contribution in [0, 0.1) is 5.41 Å². The van der Waals surface area contributed by atoms with E-state index in [1.165, 1.54) is 0 Å². The van der Waals surface area contributed by atoms with Gasteiger partial charge < -0.3 is 16.4 Å². The number of nitrogens with one attached hydrogen (secondary N) is 2. The lowest BCUT2D eigenvalue weighted by molar-refractivity contribution is -0.143. The standard InChI is InChI=1S/C20H28F6N4/c1-18(2,3)11-28-17(30-16-7-5-4-6-15(16)27)29-14-9-12(19(21,22)23)8-13(10-14)20(24,25)26/h8-10,15-16H,4-7,11,27H2,1-3H3,(H2,28,29,30)/t15-,16-/m0/s1. The third kappa shape index (κ3) is 7.37. The molecule has 1 aliphatic carbocycles. The maximum atomic E-state index is 13.1. The SMILES string of the molecule is CC(C)(C)CN=C(Nc1cc(C(F)(F)F)cc(C(F)(F)F)c1)N[C@H]1CCCC[C@@H]1N. The van der Waals surface area contributed by atoms with E-state index in [9.17, 15) is 26.3 Å². The molecular weight excluding hydrogens is 410 g/mol. The molecule has 0 amide bonds. The van der Waals surface area contributed by atoms with Crippen molar-refractivity contribution in [3.63, 3.8) is 0 Å². The number of halogens is 6. The first-order valence-corrected chi connectivity index (χ1v) is 9.78. The number of anilines is 1. The molecule has 0 aromatic heterocycles. The smallest absolute Gasteiger partial charge is 0.352 e. The summed E-state index contributed by atoms with van der Waals surface area (Å²) in [5, 5.41) is 5.72. The van der Waals surface area contributed by atoms with Crippen molar-refractivity contribution in [2.75, 3.05) is 11.9 Å². The van der Waals surface area contributed by atoms with Gasteiger partial charge in [0.05, 0.1) is 11.1 Å². The van der Waals surface area contributed by atoms with Crippen molar-refractivity contribution in [2.24, 2.45) is 16.1 Å². The fourth-order valence-electron chi connectivity index (χ4n) is 3.12. The number of benzene rings is 1. The van der Waals surface area contributed by atoms with Gasteiger partial charge in [0.2, 0.25) is 0 Å². The van der Waals surface area contributed by atoms with Crippen molar-refractivity contribution in [2.45, 2.75) is 70.9 Å². The molecule has 4 N–H and O–H groups in total. The lowest BCUT2D eigenvalue weighted by atomic mass is 9.91. The molecule has 170 valence electrons. The van der Waals surface area contributed by atoms with Gasteiger partial charge in [-0.1, -0.05) is 33.6 Å². The fraction of sp³-hybridized carbons (Fsp3) is 0.650. The highest BCUT2D eigenvalue weighted by atomic mass is 19.4. The molecule has 4 nitrogen and oxygen atoms in total. The third-order valence-electron chi connectivity index (χ3n) is 4.70. The molecule has 2 atom stereocenters. The highest BCUT2D eigenvalue weighted by Gasteiger charge is 2.37. The van der Waals surface area contributed by atoms with Crippen LogP contribution >= 0.6 is 0 Å². The van der Waals surface area contributed by atoms with Gasteiger partial charge in [-0.25, -0.2) is 0 Å². The van der Waals surface area contributed by atoms with Crippen molar-refractivity contribution in [3.05, 3.63) is 29.3 Å². The first kappa shape index (κ1) is 24.3. The first-order valence-electron chi connectivity index (χ1n) is 9.78. The van der Waals surface area contributed by atoms with Crippen LogP contribution in [0.25, 0.3) is 0 Å². The van der Waals surface area contributed by atoms with E-state index in [1.807, 2.05) is 20.8 Å². The summed E-state index contributed by atoms with van der Waals surface area (Å²) >= 11 is 0. The lowest BCUT2D eigenvalue weighted by Gasteiger charge is -2.31. The summed E-state index contributed by atoms with van der Waals surface area (Å²) in [6.07, 6.45) is -6.40. The van der Waals surface area contributed by atoms with Crippen molar-refractivity contribution in [1.29, 1.82) is 0 Å². The van der Waals surface area contributed by atoms with Crippen LogP contribution in [0.15, 0.2) is 23.2 Å². The summed E-state index contributed by atoms with van der Waals surface area (Å²) in [5.74, 6) is 0.111. The highest BCUT2D eigenvalue weighted by molar-refractivity contribution is 5.94. The van der Waals surface area contributed by atoms with Crippen molar-refractivity contribution < 1.29 is 26.3 Å². The molecule has 1 aliphatic rings. The molecular formula is C20H28F6N4. The molecule has 0 aliphatic heterocycles. The maximum absolute atomic E-state index is 13.1. The summed E-state index contributed by atoms with van der Waals surface area (Å²) < 4.78 is 78.9. The summed E-state index contributed by atoms with van der Waals surface area (Å²) in [4.78, 5) is 4.38. The van der Waals surface area contributed by atoms with Gasteiger partial charge in [0.15, 0.2) is 5.96 Å². The normalized spacial score (nSPS) is 21.5. The lowest BCUT2D eigenvalue weighted by Crippen LogP contribution is -2.51. The number of nitrogens with two attached hydrogens (primary N) is 1. The Kier molecular flexibility index (Phi) is 7.32. The highest BCUT2D eigenvalue weighted by Crippen LogP contribution is 2.37. The van der Waals surface area contributed by atoms with Crippen molar-refractivity contribution in [1.82, 2.24) is 5.32 Å². The predicted molar refractivity (Wildman–Crippen MR) is 105 cm³/mol. The van der Waals surface area contributed by atoms with Gasteiger partial charge in [-0.15, -0.1) is 0 Å². The largest absolute Gasteiger partial charge is 0.416 e. The molecule has 0 radical (unpaired) electrons. The zero-order valence-corrected chi connectivity index (χ0v) is 17.2. The third-order valence-corrected chi connectivity index (χ3v) is 4.70. The van der Waals surface area contributed by atoms with Gasteiger partial charge in [-0.05, 0) is 36.5 Å². The molecule has 0 heterocycles. The molecule has 0 bridgehead atoms. The van der Waals surface area contributed by atoms with E-state index in [2.05, 4.69) is 15.6 Å². The van der Waals surface area contributed by atoms with Crippen LogP contribution in [-0.2, 0) is 12.4 Å². The quantitative estimate of drug-likeness (QED) is 0.337. The number of guanidine groups is 1. The minimum atomic E-state index is -4.92. The van der Waals surface area contributed by atoms with E-state index >= 15 is 0 Å². The predicted octanol–water partition coefficient (Wildman–Crippen LogP) is 5.40. The zero-order valence-electron chi connectivity index (χ0n) is 17.2. The number of nitrogens with zero attached hydrogens (tertiary/aromatic N) is 1. The van der Waals surface area contributed by atoms with E-state index in [0.29, 0.717) is 18.7 Å². The Bertz CT molecular complexity index is 717. The van der Waals surface area contributed by atoms with E-state index in [4.69, 9.17) is 5.73 Å². The first-order chi connectivity index (χ1) is 13.6. The molecule has 1 aromatic rings. The molecule has 1 saturated carbocycles. The summed E-state index contributed by atoms with van der Waals surface area (Å²) in [6.45, 7) is 6.08. The Labute approximate surface area is 172 Å². The Morgan fingerprint density at radius 2 is 1.50 bits per heavy atom. The number of aliphatic imine (C=N–C) groups is 1. The molecule has 0 spiro atoms. The van der Waals surface area contributed by atoms with Crippen LogP contribution < -0.4 is 16.4 Å². The molecule has 0 saturated heterocycles. The Morgan fingerprint density at radius 1 is 0.967 bits per heavy atom. The Hall–Kier alpha value is -1.97. The van der Waals surface area contributed by atoms with E-state index in [-0.39, 0.29) is 35.2 Å². The van der Waals surface area contributed by atoms with Crippen LogP contribution in [0.2, 0.25) is 0 Å². The van der Waals surface area contributed by atoms with Crippen LogP contribution in [0.4, 0.5) is 32.0 Å². The molecule has 30 heavy (non-hydrogen) atoms. The van der Waals surface area contributed by atoms with E-state index < -0.39 is 23.5 Å². The summed E-state index contributed by atoms with van der Waals surface area (Å²) in [6, 6.07) is 1.04. The number of alkyl halides is 6. The molecule has 1 fully saturated rings. The number of rotatable bonds is 3. The minimum Gasteiger partial charge on any atom is -0.352 e. The number of hydrogen-bond donors (Lipinski definition) is 3. The minimum absolute atomic E-state index is 0.0988. The second-order valence-corrected chi connectivity index (χ2v) is 8.84. The van der Waals surface area contributed by atoms with Crippen molar-refractivity contribution >= 4 is 11.6 Å². The topological polar surface area (TPSA) is 62.4 Å². The van der Waals surface area contributed by atoms with Gasteiger partial charge in [0, 0.05) is 24.3 Å². The summed E-state index contributed by atoms with van der Waals surface area (Å²) in [7, 11) is 0.